The summed E-state index contributed by atoms with van der Waals surface area (Å²) >= 11 is 1.86. The molecule has 2 aliphatic rings. The van der Waals surface area contributed by atoms with Crippen molar-refractivity contribution in [2.75, 3.05) is 49.8 Å². The minimum Gasteiger partial charge on any atom is -0.494 e. The largest absolute Gasteiger partial charge is 0.494 e. The summed E-state index contributed by atoms with van der Waals surface area (Å²) in [7, 11) is 0. The van der Waals surface area contributed by atoms with Crippen LogP contribution in [0.15, 0.2) is 24.3 Å². The molecule has 0 N–H and O–H groups in total. The predicted molar refractivity (Wildman–Crippen MR) is 86.6 cm³/mol. The zero-order valence-electron chi connectivity index (χ0n) is 12.5. The minimum absolute atomic E-state index is 0.395. The molecule has 0 aromatic heterocycles. The Labute approximate surface area is 130 Å². The summed E-state index contributed by atoms with van der Waals surface area (Å²) in [5, 5.41) is 0. The van der Waals surface area contributed by atoms with Crippen molar-refractivity contribution >= 4 is 17.4 Å². The zero-order chi connectivity index (χ0) is 14.5. The van der Waals surface area contributed by atoms with Crippen LogP contribution in [-0.4, -0.2) is 57.1 Å². The molecule has 0 bridgehead atoms. The van der Waals surface area contributed by atoms with E-state index in [2.05, 4.69) is 35.4 Å². The number of rotatable bonds is 10. The molecule has 2 fully saturated rings. The van der Waals surface area contributed by atoms with Gasteiger partial charge in [0.1, 0.15) is 5.75 Å². The lowest BCUT2D eigenvalue weighted by atomic mass is 10.2. The molecule has 2 unspecified atom stereocenters. The summed E-state index contributed by atoms with van der Waals surface area (Å²) < 4.78 is 16.5. The number of hydrogen-bond acceptors (Lipinski definition) is 5. The fraction of sp³-hybridized carbons (Fsp3) is 0.625. The molecular formula is C16H23NO3S. The van der Waals surface area contributed by atoms with Crippen LogP contribution >= 0.6 is 11.8 Å². The number of thioether (sulfide) groups is 1. The molecular weight excluding hydrogens is 286 g/mol. The molecule has 4 nitrogen and oxygen atoms in total. The summed E-state index contributed by atoms with van der Waals surface area (Å²) in [5.41, 5.74) is 1.22. The number of benzene rings is 1. The minimum atomic E-state index is 0.395. The van der Waals surface area contributed by atoms with Crippen molar-refractivity contribution in [3.8, 4) is 5.75 Å². The number of nitrogens with zero attached hydrogens (tertiary/aromatic N) is 1. The highest BCUT2D eigenvalue weighted by Gasteiger charge is 2.30. The Morgan fingerprint density at radius 3 is 2.29 bits per heavy atom. The molecule has 1 aromatic carbocycles. The van der Waals surface area contributed by atoms with E-state index in [4.69, 9.17) is 14.2 Å². The van der Waals surface area contributed by atoms with Crippen molar-refractivity contribution in [2.45, 2.75) is 18.6 Å². The predicted octanol–water partition coefficient (Wildman–Crippen LogP) is 2.42. The van der Waals surface area contributed by atoms with E-state index in [9.17, 15) is 0 Å². The highest BCUT2D eigenvalue weighted by Crippen LogP contribution is 2.24. The maximum Gasteiger partial charge on any atom is 0.119 e. The number of ether oxygens (including phenoxy) is 3. The highest BCUT2D eigenvalue weighted by molar-refractivity contribution is 7.98. The van der Waals surface area contributed by atoms with Gasteiger partial charge in [-0.2, -0.15) is 11.8 Å². The summed E-state index contributed by atoms with van der Waals surface area (Å²) in [6.07, 6.45) is 4.00. The van der Waals surface area contributed by atoms with Gasteiger partial charge in [-0.1, -0.05) is 0 Å². The topological polar surface area (TPSA) is 37.5 Å². The van der Waals surface area contributed by atoms with Gasteiger partial charge < -0.3 is 19.1 Å². The van der Waals surface area contributed by atoms with Crippen molar-refractivity contribution in [1.82, 2.24) is 0 Å². The molecule has 0 saturated carbocycles. The lowest BCUT2D eigenvalue weighted by Gasteiger charge is -2.23. The van der Waals surface area contributed by atoms with Crippen molar-refractivity contribution in [3.63, 3.8) is 0 Å². The van der Waals surface area contributed by atoms with Gasteiger partial charge in [0.2, 0.25) is 0 Å². The SMILES string of the molecule is CSCCCOc1ccc(N(CC2CO2)CC2CO2)cc1. The maximum absolute atomic E-state index is 5.75. The van der Waals surface area contributed by atoms with Crippen LogP contribution in [0, 0.1) is 0 Å². The van der Waals surface area contributed by atoms with Crippen LogP contribution in [0.2, 0.25) is 0 Å². The molecule has 0 amide bonds. The molecule has 0 aliphatic carbocycles. The molecule has 1 aromatic rings. The van der Waals surface area contributed by atoms with Gasteiger partial charge in [-0.15, -0.1) is 0 Å². The highest BCUT2D eigenvalue weighted by atomic mass is 32.2. The molecule has 3 rings (SSSR count). The molecule has 0 spiro atoms. The molecule has 2 heterocycles. The number of hydrogen-bond donors (Lipinski definition) is 0. The van der Waals surface area contributed by atoms with Gasteiger partial charge in [0.25, 0.3) is 0 Å². The van der Waals surface area contributed by atoms with Crippen LogP contribution in [0.25, 0.3) is 0 Å². The Morgan fingerprint density at radius 1 is 1.14 bits per heavy atom. The first-order chi connectivity index (χ1) is 10.3. The third-order valence-electron chi connectivity index (χ3n) is 3.62. The Kier molecular flexibility index (Phi) is 5.27. The van der Waals surface area contributed by atoms with E-state index in [0.29, 0.717) is 12.2 Å². The second kappa shape index (κ2) is 7.38. The molecule has 21 heavy (non-hydrogen) atoms. The smallest absolute Gasteiger partial charge is 0.119 e. The molecule has 0 radical (unpaired) electrons. The number of anilines is 1. The van der Waals surface area contributed by atoms with E-state index in [1.807, 2.05) is 11.8 Å². The summed E-state index contributed by atoms with van der Waals surface area (Å²) in [5.74, 6) is 2.10. The van der Waals surface area contributed by atoms with E-state index < -0.39 is 0 Å². The average Bonchev–Trinajstić information content (AvgIpc) is 3.39. The van der Waals surface area contributed by atoms with Crippen LogP contribution in [-0.2, 0) is 9.47 Å². The first-order valence-electron chi connectivity index (χ1n) is 7.55. The molecule has 5 heteroatoms. The Morgan fingerprint density at radius 2 is 1.76 bits per heavy atom. The maximum atomic E-state index is 5.75. The second-order valence-electron chi connectivity index (χ2n) is 5.50. The van der Waals surface area contributed by atoms with Crippen molar-refractivity contribution < 1.29 is 14.2 Å². The monoisotopic (exact) mass is 309 g/mol. The third kappa shape index (κ3) is 5.09. The molecule has 2 atom stereocenters. The standard InChI is InChI=1S/C16H23NO3S/c1-21-8-2-7-18-14-5-3-13(4-6-14)17(9-15-11-19-15)10-16-12-20-16/h3-6,15-16H,2,7-12H2,1H3. The Hall–Kier alpha value is -0.910. The van der Waals surface area contributed by atoms with Gasteiger partial charge in [0, 0.05) is 18.8 Å². The van der Waals surface area contributed by atoms with E-state index in [1.54, 1.807) is 0 Å². The lowest BCUT2D eigenvalue weighted by Crippen LogP contribution is -2.31. The van der Waals surface area contributed by atoms with Crippen LogP contribution < -0.4 is 9.64 Å². The molecule has 2 aliphatic heterocycles. The first kappa shape index (κ1) is 15.0. The zero-order valence-corrected chi connectivity index (χ0v) is 13.3. The number of epoxide rings is 2. The van der Waals surface area contributed by atoms with Crippen molar-refractivity contribution in [1.29, 1.82) is 0 Å². The third-order valence-corrected chi connectivity index (χ3v) is 4.31. The lowest BCUT2D eigenvalue weighted by molar-refractivity contribution is 0.319. The van der Waals surface area contributed by atoms with Crippen LogP contribution in [0.1, 0.15) is 6.42 Å². The van der Waals surface area contributed by atoms with Gasteiger partial charge in [0.05, 0.1) is 32.0 Å². The van der Waals surface area contributed by atoms with Gasteiger partial charge in [-0.3, -0.25) is 0 Å². The van der Waals surface area contributed by atoms with E-state index in [-0.39, 0.29) is 0 Å². The first-order valence-corrected chi connectivity index (χ1v) is 8.94. The Bertz CT molecular complexity index is 418. The second-order valence-corrected chi connectivity index (χ2v) is 6.49. The van der Waals surface area contributed by atoms with Gasteiger partial charge in [-0.25, -0.2) is 0 Å². The fourth-order valence-corrected chi connectivity index (χ4v) is 2.68. The van der Waals surface area contributed by atoms with Gasteiger partial charge in [-0.05, 0) is 42.7 Å². The summed E-state index contributed by atoms with van der Waals surface area (Å²) in [4.78, 5) is 2.35. The van der Waals surface area contributed by atoms with Crippen LogP contribution in [0.5, 0.6) is 5.75 Å². The summed E-state index contributed by atoms with van der Waals surface area (Å²) in [6, 6.07) is 8.38. The molecule has 2 saturated heterocycles. The van der Waals surface area contributed by atoms with E-state index in [0.717, 1.165) is 50.8 Å². The van der Waals surface area contributed by atoms with E-state index >= 15 is 0 Å². The molecule has 116 valence electrons. The van der Waals surface area contributed by atoms with Gasteiger partial charge >= 0.3 is 0 Å². The summed E-state index contributed by atoms with van der Waals surface area (Å²) in [6.45, 7) is 4.47. The van der Waals surface area contributed by atoms with Crippen LogP contribution in [0.3, 0.4) is 0 Å². The quantitative estimate of drug-likeness (QED) is 0.490. The normalized spacial score (nSPS) is 22.9. The van der Waals surface area contributed by atoms with Crippen molar-refractivity contribution in [3.05, 3.63) is 24.3 Å². The average molecular weight is 309 g/mol. The van der Waals surface area contributed by atoms with Crippen molar-refractivity contribution in [2.24, 2.45) is 0 Å². The fourth-order valence-electron chi connectivity index (χ4n) is 2.27. The Balaban J connectivity index is 1.52. The van der Waals surface area contributed by atoms with Gasteiger partial charge in [0.15, 0.2) is 0 Å². The van der Waals surface area contributed by atoms with Crippen LogP contribution in [0.4, 0.5) is 5.69 Å². The van der Waals surface area contributed by atoms with E-state index in [1.165, 1.54) is 5.69 Å².